The molecule has 0 spiro atoms. The lowest BCUT2D eigenvalue weighted by Gasteiger charge is -2.21. The van der Waals surface area contributed by atoms with Crippen LogP contribution in [0.25, 0.3) is 0 Å². The molecule has 504 valence electrons. The molecule has 0 aliphatic heterocycles. The molecule has 4 unspecified atom stereocenters. The molecule has 0 aromatic heterocycles. The van der Waals surface area contributed by atoms with Crippen LogP contribution in [0, 0.1) is 23.7 Å². The molecule has 0 aliphatic carbocycles. The van der Waals surface area contributed by atoms with E-state index < -0.39 is 97.5 Å². The standard InChI is InChI=1S/C66H128O17P2/c1-9-58(7)44-36-28-19-15-11-12-16-21-32-40-48-65(70)82-61(53-77-64(69)47-39-31-25-23-29-37-45-59(8)10-2)54-80-84(72,73)78-50-60(67)51-79-85(74,75)81-55-62(83-66(71)49-41-33-24-22-27-35-43-57(5)6)52-76-63(68)46-38-30-20-17-13-14-18-26-34-42-56(3)4/h56-62,67H,9-55H2,1-8H3,(H,72,73)(H,74,75)/t58?,59?,60-,61+,62+/m0/s1. The third-order valence-corrected chi connectivity index (χ3v) is 17.7. The maximum absolute atomic E-state index is 13.0. The van der Waals surface area contributed by atoms with Gasteiger partial charge in [-0.1, -0.05) is 267 Å². The first kappa shape index (κ1) is 83.1. The van der Waals surface area contributed by atoms with Gasteiger partial charge in [0.25, 0.3) is 0 Å². The van der Waals surface area contributed by atoms with Crippen molar-refractivity contribution in [2.24, 2.45) is 23.7 Å². The molecule has 0 amide bonds. The van der Waals surface area contributed by atoms with Crippen molar-refractivity contribution in [3.8, 4) is 0 Å². The van der Waals surface area contributed by atoms with Crippen LogP contribution < -0.4 is 0 Å². The minimum absolute atomic E-state index is 0.101. The zero-order valence-corrected chi connectivity index (χ0v) is 57.0. The van der Waals surface area contributed by atoms with Crippen molar-refractivity contribution in [2.45, 2.75) is 337 Å². The van der Waals surface area contributed by atoms with E-state index in [9.17, 15) is 43.2 Å². The summed E-state index contributed by atoms with van der Waals surface area (Å²) in [5.41, 5.74) is 0. The summed E-state index contributed by atoms with van der Waals surface area (Å²) < 4.78 is 68.1. The van der Waals surface area contributed by atoms with Crippen molar-refractivity contribution in [3.63, 3.8) is 0 Å². The summed E-state index contributed by atoms with van der Waals surface area (Å²) >= 11 is 0. The molecular weight excluding hydrogens is 1130 g/mol. The topological polar surface area (TPSA) is 237 Å². The van der Waals surface area contributed by atoms with Gasteiger partial charge in [-0.25, -0.2) is 9.13 Å². The number of carbonyl (C=O) groups is 4. The monoisotopic (exact) mass is 1250 g/mol. The van der Waals surface area contributed by atoms with Gasteiger partial charge < -0.3 is 33.8 Å². The highest BCUT2D eigenvalue weighted by Crippen LogP contribution is 2.45. The molecule has 0 aromatic rings. The number of phosphoric ester groups is 2. The summed E-state index contributed by atoms with van der Waals surface area (Å²) in [5, 5.41) is 10.5. The average molecular weight is 1260 g/mol. The van der Waals surface area contributed by atoms with E-state index in [0.29, 0.717) is 31.6 Å². The van der Waals surface area contributed by atoms with Crippen molar-refractivity contribution in [3.05, 3.63) is 0 Å². The van der Waals surface area contributed by atoms with Crippen molar-refractivity contribution in [2.75, 3.05) is 39.6 Å². The van der Waals surface area contributed by atoms with Gasteiger partial charge in [0, 0.05) is 25.7 Å². The fraction of sp³-hybridized carbons (Fsp3) is 0.939. The van der Waals surface area contributed by atoms with Crippen molar-refractivity contribution in [1.29, 1.82) is 0 Å². The lowest BCUT2D eigenvalue weighted by atomic mass is 9.99. The summed E-state index contributed by atoms with van der Waals surface area (Å²) in [6, 6.07) is 0. The first-order valence-electron chi connectivity index (χ1n) is 34.3. The molecule has 0 saturated heterocycles. The number of unbranched alkanes of at least 4 members (excludes halogenated alkanes) is 27. The first-order valence-corrected chi connectivity index (χ1v) is 37.3. The molecule has 0 radical (unpaired) electrons. The van der Waals surface area contributed by atoms with E-state index in [2.05, 4.69) is 55.4 Å². The molecule has 85 heavy (non-hydrogen) atoms. The Labute approximate surface area is 517 Å². The second-order valence-electron chi connectivity index (χ2n) is 25.3. The van der Waals surface area contributed by atoms with E-state index in [4.69, 9.17) is 37.0 Å². The summed E-state index contributed by atoms with van der Waals surface area (Å²) in [6.07, 6.45) is 36.3. The fourth-order valence-electron chi connectivity index (χ4n) is 9.72. The molecule has 3 N–H and O–H groups in total. The van der Waals surface area contributed by atoms with Gasteiger partial charge in [0.1, 0.15) is 19.3 Å². The highest BCUT2D eigenvalue weighted by molar-refractivity contribution is 7.47. The molecule has 17 nitrogen and oxygen atoms in total. The van der Waals surface area contributed by atoms with Gasteiger partial charge in [-0.2, -0.15) is 0 Å². The maximum atomic E-state index is 13.0. The number of ether oxygens (including phenoxy) is 4. The Morgan fingerprint density at radius 1 is 0.329 bits per heavy atom. The lowest BCUT2D eigenvalue weighted by Crippen LogP contribution is -2.30. The zero-order chi connectivity index (χ0) is 63.2. The second kappa shape index (κ2) is 56.1. The number of rotatable bonds is 63. The van der Waals surface area contributed by atoms with E-state index in [1.165, 1.54) is 116 Å². The molecule has 0 rings (SSSR count). The second-order valence-corrected chi connectivity index (χ2v) is 28.2. The molecular formula is C66H128O17P2. The van der Waals surface area contributed by atoms with Crippen LogP contribution in [0.3, 0.4) is 0 Å². The van der Waals surface area contributed by atoms with Gasteiger partial charge >= 0.3 is 39.5 Å². The molecule has 0 heterocycles. The van der Waals surface area contributed by atoms with Gasteiger partial charge in [0.15, 0.2) is 12.2 Å². The van der Waals surface area contributed by atoms with E-state index >= 15 is 0 Å². The number of esters is 4. The van der Waals surface area contributed by atoms with Gasteiger partial charge in [0.2, 0.25) is 0 Å². The highest BCUT2D eigenvalue weighted by Gasteiger charge is 2.30. The third kappa shape index (κ3) is 58.2. The Morgan fingerprint density at radius 2 is 0.565 bits per heavy atom. The maximum Gasteiger partial charge on any atom is 0.472 e. The highest BCUT2D eigenvalue weighted by atomic mass is 31.2. The molecule has 0 aliphatic rings. The van der Waals surface area contributed by atoms with E-state index in [1.54, 1.807) is 0 Å². The third-order valence-electron chi connectivity index (χ3n) is 15.8. The van der Waals surface area contributed by atoms with Crippen LogP contribution in [0.5, 0.6) is 0 Å². The largest absolute Gasteiger partial charge is 0.472 e. The molecule has 0 fully saturated rings. The molecule has 7 atom stereocenters. The molecule has 0 aromatic carbocycles. The number of hydrogen-bond donors (Lipinski definition) is 3. The molecule has 0 bridgehead atoms. The van der Waals surface area contributed by atoms with Crippen LogP contribution >= 0.6 is 15.6 Å². The van der Waals surface area contributed by atoms with Crippen LogP contribution in [0.1, 0.15) is 319 Å². The summed E-state index contributed by atoms with van der Waals surface area (Å²) in [7, 11) is -9.89. The predicted molar refractivity (Wildman–Crippen MR) is 340 cm³/mol. The van der Waals surface area contributed by atoms with E-state index in [1.807, 2.05) is 0 Å². The zero-order valence-electron chi connectivity index (χ0n) is 55.2. The Bertz CT molecular complexity index is 1700. The smallest absolute Gasteiger partial charge is 0.462 e. The van der Waals surface area contributed by atoms with Crippen LogP contribution in [0.2, 0.25) is 0 Å². The van der Waals surface area contributed by atoms with Gasteiger partial charge in [0.05, 0.1) is 26.4 Å². The summed E-state index contributed by atoms with van der Waals surface area (Å²) in [5.74, 6) is 0.807. The predicted octanol–water partition coefficient (Wildman–Crippen LogP) is 18.1. The Morgan fingerprint density at radius 3 is 0.835 bits per heavy atom. The number of carbonyl (C=O) groups excluding carboxylic acids is 4. The number of aliphatic hydroxyl groups excluding tert-OH is 1. The first-order chi connectivity index (χ1) is 40.7. The SMILES string of the molecule is CCC(C)CCCCCCCCCCCCC(=O)O[C@H](COC(=O)CCCCCCCCC(C)CC)COP(=O)(O)OC[C@H](O)COP(=O)(O)OC[C@@H](COC(=O)CCCCCCCCCCCC(C)C)OC(=O)CCCCCCCCC(C)C. The van der Waals surface area contributed by atoms with Crippen molar-refractivity contribution < 1.29 is 80.2 Å². The fourth-order valence-corrected chi connectivity index (χ4v) is 11.3. The Hall–Kier alpha value is -1.94. The van der Waals surface area contributed by atoms with E-state index in [-0.39, 0.29) is 25.7 Å². The van der Waals surface area contributed by atoms with E-state index in [0.717, 1.165) is 114 Å². The Balaban J connectivity index is 5.25. The van der Waals surface area contributed by atoms with Crippen LogP contribution in [0.15, 0.2) is 0 Å². The summed E-state index contributed by atoms with van der Waals surface area (Å²) in [6.45, 7) is 14.0. The number of aliphatic hydroxyl groups is 1. The molecule has 19 heteroatoms. The quantitative estimate of drug-likeness (QED) is 0.0222. The van der Waals surface area contributed by atoms with Crippen molar-refractivity contribution >= 4 is 39.5 Å². The number of hydrogen-bond acceptors (Lipinski definition) is 15. The van der Waals surface area contributed by atoms with Crippen LogP contribution in [-0.4, -0.2) is 96.7 Å². The van der Waals surface area contributed by atoms with Gasteiger partial charge in [-0.15, -0.1) is 0 Å². The van der Waals surface area contributed by atoms with Crippen molar-refractivity contribution in [1.82, 2.24) is 0 Å². The van der Waals surface area contributed by atoms with Gasteiger partial charge in [-0.3, -0.25) is 37.3 Å². The molecule has 0 saturated carbocycles. The van der Waals surface area contributed by atoms with Gasteiger partial charge in [-0.05, 0) is 49.4 Å². The summed E-state index contributed by atoms with van der Waals surface area (Å²) in [4.78, 5) is 72.3. The Kier molecular flexibility index (Phi) is 54.8. The van der Waals surface area contributed by atoms with Crippen LogP contribution in [0.4, 0.5) is 0 Å². The minimum Gasteiger partial charge on any atom is -0.462 e. The average Bonchev–Trinajstić information content (AvgIpc) is 3.53. The van der Waals surface area contributed by atoms with Crippen LogP contribution in [-0.2, 0) is 65.4 Å². The lowest BCUT2D eigenvalue weighted by molar-refractivity contribution is -0.161. The minimum atomic E-state index is -4.95. The number of phosphoric acid groups is 2. The normalized spacial score (nSPS) is 15.0.